The van der Waals surface area contributed by atoms with Crippen molar-refractivity contribution in [2.75, 3.05) is 6.54 Å². The minimum atomic E-state index is -1.14. The van der Waals surface area contributed by atoms with Gasteiger partial charge in [-0.2, -0.15) is 0 Å². The Morgan fingerprint density at radius 3 is 2.28 bits per heavy atom. The maximum absolute atomic E-state index is 11.9. The topological polar surface area (TPSA) is 90.9 Å². The van der Waals surface area contributed by atoms with E-state index in [2.05, 4.69) is 5.32 Å². The molecular formula is C20H21ClNNaO6. The Morgan fingerprint density at radius 1 is 1.00 bits per heavy atom. The molecule has 29 heavy (non-hydrogen) atoms. The number of hydrogen-bond acceptors (Lipinski definition) is 6. The van der Waals surface area contributed by atoms with Crippen LogP contribution in [0.4, 0.5) is 4.79 Å². The molecule has 0 spiro atoms. The van der Waals surface area contributed by atoms with Gasteiger partial charge in [0.05, 0.1) is 0 Å². The van der Waals surface area contributed by atoms with Crippen LogP contribution >= 0.6 is 11.6 Å². The average molecular weight is 430 g/mol. The Balaban J connectivity index is 0.00000420. The average Bonchev–Trinajstić information content (AvgIpc) is 2.67. The summed E-state index contributed by atoms with van der Waals surface area (Å²) in [5.74, 6) is -0.611. The predicted molar refractivity (Wildman–Crippen MR) is 109 cm³/mol. The summed E-state index contributed by atoms with van der Waals surface area (Å²) < 4.78 is 15.3. The fraction of sp³-hybridized carbons (Fsp3) is 0.250. The van der Waals surface area contributed by atoms with E-state index in [4.69, 9.17) is 25.8 Å². The molecule has 0 aromatic heterocycles. The van der Waals surface area contributed by atoms with E-state index in [1.165, 1.54) is 6.92 Å². The molecule has 9 heteroatoms. The van der Waals surface area contributed by atoms with Gasteiger partial charge >= 0.3 is 47.6 Å². The zero-order valence-electron chi connectivity index (χ0n) is 15.2. The molecule has 1 atom stereocenters. The van der Waals surface area contributed by atoms with Crippen molar-refractivity contribution in [3.05, 3.63) is 65.2 Å². The number of halogens is 1. The van der Waals surface area contributed by atoms with Crippen LogP contribution in [0, 0.1) is 0 Å². The van der Waals surface area contributed by atoms with E-state index >= 15 is 0 Å². The molecular weight excluding hydrogens is 409 g/mol. The van der Waals surface area contributed by atoms with Crippen LogP contribution in [0.25, 0.3) is 0 Å². The quantitative estimate of drug-likeness (QED) is 0.227. The summed E-state index contributed by atoms with van der Waals surface area (Å²) in [7, 11) is 0. The van der Waals surface area contributed by atoms with E-state index in [1.54, 1.807) is 54.6 Å². The van der Waals surface area contributed by atoms with Crippen molar-refractivity contribution in [2.45, 2.75) is 26.1 Å². The summed E-state index contributed by atoms with van der Waals surface area (Å²) in [6, 6.07) is 15.0. The Morgan fingerprint density at radius 2 is 1.66 bits per heavy atom. The van der Waals surface area contributed by atoms with E-state index in [1.807, 2.05) is 0 Å². The number of alkyl carbamates (subject to hydrolysis) is 1. The molecule has 2 aromatic rings. The summed E-state index contributed by atoms with van der Waals surface area (Å²) in [5.41, 5.74) is 0.527. The number of esters is 2. The molecule has 0 saturated heterocycles. The first-order valence-corrected chi connectivity index (χ1v) is 8.95. The van der Waals surface area contributed by atoms with Gasteiger partial charge in [-0.25, -0.2) is 4.79 Å². The molecule has 0 saturated carbocycles. The van der Waals surface area contributed by atoms with Gasteiger partial charge in [-0.3, -0.25) is 9.59 Å². The summed E-state index contributed by atoms with van der Waals surface area (Å²) in [6.07, 6.45) is -1.45. The molecule has 1 amide bonds. The van der Waals surface area contributed by atoms with E-state index in [0.717, 1.165) is 0 Å². The molecule has 0 fully saturated rings. The van der Waals surface area contributed by atoms with Crippen LogP contribution in [0.2, 0.25) is 5.02 Å². The molecule has 0 radical (unpaired) electrons. The normalized spacial score (nSPS) is 10.8. The van der Waals surface area contributed by atoms with Crippen molar-refractivity contribution in [1.82, 2.24) is 5.32 Å². The first-order valence-electron chi connectivity index (χ1n) is 8.57. The predicted octanol–water partition coefficient (Wildman–Crippen LogP) is 3.37. The number of carbonyl (C=O) groups excluding carboxylic acids is 3. The van der Waals surface area contributed by atoms with Crippen molar-refractivity contribution in [3.8, 4) is 5.75 Å². The van der Waals surface area contributed by atoms with E-state index in [0.29, 0.717) is 22.8 Å². The molecule has 150 valence electrons. The molecule has 0 bridgehead atoms. The van der Waals surface area contributed by atoms with E-state index in [-0.39, 0.29) is 42.5 Å². The molecule has 2 aromatic carbocycles. The zero-order chi connectivity index (χ0) is 20.4. The second-order valence-electron chi connectivity index (χ2n) is 5.72. The van der Waals surface area contributed by atoms with Gasteiger partial charge in [0.15, 0.2) is 0 Å². The van der Waals surface area contributed by atoms with E-state index < -0.39 is 24.3 Å². The first-order chi connectivity index (χ1) is 13.4. The van der Waals surface area contributed by atoms with Crippen LogP contribution in [-0.2, 0) is 19.1 Å². The number of ether oxygens (including phenoxy) is 3. The zero-order valence-corrected chi connectivity index (χ0v) is 16.0. The van der Waals surface area contributed by atoms with Crippen LogP contribution < -0.4 is 10.1 Å². The Labute approximate surface area is 195 Å². The number of hydrogen-bond donors (Lipinski definition) is 1. The molecule has 0 heterocycles. The minimum absolute atomic E-state index is 0. The third kappa shape index (κ3) is 9.80. The van der Waals surface area contributed by atoms with Crippen molar-refractivity contribution in [2.24, 2.45) is 0 Å². The molecule has 0 aliphatic rings. The second-order valence-corrected chi connectivity index (χ2v) is 6.15. The number of benzene rings is 2. The summed E-state index contributed by atoms with van der Waals surface area (Å²) in [4.78, 5) is 34.9. The first kappa shape index (κ1) is 25.0. The van der Waals surface area contributed by atoms with Crippen molar-refractivity contribution < 1.29 is 28.6 Å². The number of nitrogens with one attached hydrogen (secondary N) is 1. The second kappa shape index (κ2) is 13.2. The number of rotatable bonds is 8. The van der Waals surface area contributed by atoms with Gasteiger partial charge in [0, 0.05) is 30.5 Å². The van der Waals surface area contributed by atoms with Gasteiger partial charge in [0.25, 0.3) is 6.29 Å². The molecule has 7 nitrogen and oxygen atoms in total. The third-order valence-electron chi connectivity index (χ3n) is 3.43. The number of carbonyl (C=O) groups is 3. The van der Waals surface area contributed by atoms with Crippen LogP contribution in [0.5, 0.6) is 5.75 Å². The van der Waals surface area contributed by atoms with Crippen molar-refractivity contribution >= 4 is 59.2 Å². The Kier molecular flexibility index (Phi) is 11.4. The summed E-state index contributed by atoms with van der Waals surface area (Å²) in [6.45, 7) is 1.42. The molecule has 1 unspecified atom stereocenters. The van der Waals surface area contributed by atoms with Crippen LogP contribution in [0.1, 0.15) is 31.6 Å². The molecule has 1 N–H and O–H groups in total. The third-order valence-corrected chi connectivity index (χ3v) is 3.68. The molecule has 2 rings (SSSR count). The summed E-state index contributed by atoms with van der Waals surface area (Å²) >= 11 is 5.76. The van der Waals surface area contributed by atoms with Gasteiger partial charge in [-0.05, 0) is 30.7 Å². The van der Waals surface area contributed by atoms with Crippen molar-refractivity contribution in [1.29, 1.82) is 0 Å². The van der Waals surface area contributed by atoms with E-state index in [9.17, 15) is 14.4 Å². The summed E-state index contributed by atoms with van der Waals surface area (Å²) in [5, 5.41) is 3.05. The Hall–Kier alpha value is -2.06. The molecule has 0 aliphatic carbocycles. The monoisotopic (exact) mass is 429 g/mol. The number of amides is 1. The fourth-order valence-corrected chi connectivity index (χ4v) is 2.29. The van der Waals surface area contributed by atoms with Crippen LogP contribution in [0.15, 0.2) is 54.6 Å². The standard InChI is InChI=1S/C20H20ClNO6.Na.H/c1-14(23)26-19(15-6-3-2-4-7-15)28-20(25)22-13-5-8-18(24)27-17-11-9-16(21)10-12-17;;/h2-4,6-7,9-12,19H,5,8,13H2,1H3,(H,22,25);;. The van der Waals surface area contributed by atoms with Crippen molar-refractivity contribution in [3.63, 3.8) is 0 Å². The fourth-order valence-electron chi connectivity index (χ4n) is 2.17. The van der Waals surface area contributed by atoms with Gasteiger partial charge in [0.2, 0.25) is 0 Å². The van der Waals surface area contributed by atoms with Gasteiger partial charge in [-0.1, -0.05) is 41.9 Å². The van der Waals surface area contributed by atoms with Crippen LogP contribution in [-0.4, -0.2) is 54.1 Å². The molecule has 0 aliphatic heterocycles. The Bertz CT molecular complexity index is 800. The van der Waals surface area contributed by atoms with Crippen LogP contribution in [0.3, 0.4) is 0 Å². The SMILES string of the molecule is CC(=O)OC(OC(=O)NCCCC(=O)Oc1ccc(Cl)cc1)c1ccccc1.[NaH]. The van der Waals surface area contributed by atoms with Gasteiger partial charge in [0.1, 0.15) is 5.75 Å². The van der Waals surface area contributed by atoms with Gasteiger partial charge in [-0.15, -0.1) is 0 Å². The maximum atomic E-state index is 11.9. The van der Waals surface area contributed by atoms with Gasteiger partial charge < -0.3 is 19.5 Å².